The number of anilines is 2. The van der Waals surface area contributed by atoms with Crippen molar-refractivity contribution in [1.29, 1.82) is 0 Å². The van der Waals surface area contributed by atoms with Gasteiger partial charge in [-0.15, -0.1) is 10.2 Å². The van der Waals surface area contributed by atoms with E-state index in [1.54, 1.807) is 26.2 Å². The van der Waals surface area contributed by atoms with Crippen LogP contribution in [0.5, 0.6) is 11.5 Å². The summed E-state index contributed by atoms with van der Waals surface area (Å²) in [4.78, 5) is 11.2. The first-order valence-corrected chi connectivity index (χ1v) is 7.35. The van der Waals surface area contributed by atoms with Crippen molar-refractivity contribution in [3.05, 3.63) is 36.4 Å². The molecule has 0 atom stereocenters. The van der Waals surface area contributed by atoms with Crippen molar-refractivity contribution < 1.29 is 14.3 Å². The molecule has 0 aliphatic rings. The van der Waals surface area contributed by atoms with E-state index in [0.29, 0.717) is 31.2 Å². The zero-order chi connectivity index (χ0) is 16.5. The third kappa shape index (κ3) is 5.46. The van der Waals surface area contributed by atoms with E-state index in [2.05, 4.69) is 20.8 Å². The second-order valence-electron chi connectivity index (χ2n) is 4.66. The van der Waals surface area contributed by atoms with Gasteiger partial charge in [0.15, 0.2) is 5.82 Å². The van der Waals surface area contributed by atoms with Crippen LogP contribution in [0.25, 0.3) is 0 Å². The molecule has 1 aromatic carbocycles. The molecule has 0 fully saturated rings. The predicted octanol–water partition coefficient (Wildman–Crippen LogP) is 2.32. The van der Waals surface area contributed by atoms with Gasteiger partial charge in [0.2, 0.25) is 5.91 Å². The molecule has 1 amide bonds. The summed E-state index contributed by atoms with van der Waals surface area (Å²) in [6.45, 7) is 2.85. The zero-order valence-corrected chi connectivity index (χ0v) is 13.2. The van der Waals surface area contributed by atoms with Crippen LogP contribution in [0, 0.1) is 0 Å². The maximum Gasteiger partial charge on any atom is 0.225 e. The first-order valence-electron chi connectivity index (χ1n) is 7.35. The molecular weight excluding hydrogens is 296 g/mol. The van der Waals surface area contributed by atoms with E-state index in [9.17, 15) is 4.79 Å². The van der Waals surface area contributed by atoms with E-state index >= 15 is 0 Å². The van der Waals surface area contributed by atoms with Crippen LogP contribution in [0.1, 0.15) is 13.3 Å². The van der Waals surface area contributed by atoms with E-state index in [4.69, 9.17) is 9.47 Å². The number of carbonyl (C=O) groups excluding carboxylic acids is 1. The van der Waals surface area contributed by atoms with E-state index in [1.165, 1.54) is 0 Å². The van der Waals surface area contributed by atoms with Gasteiger partial charge in [-0.1, -0.05) is 6.92 Å². The molecule has 0 aliphatic carbocycles. The summed E-state index contributed by atoms with van der Waals surface area (Å²) in [5, 5.41) is 13.6. The van der Waals surface area contributed by atoms with Gasteiger partial charge < -0.3 is 20.1 Å². The van der Waals surface area contributed by atoms with E-state index in [1.807, 2.05) is 24.3 Å². The molecule has 2 aromatic rings. The van der Waals surface area contributed by atoms with Crippen LogP contribution < -0.4 is 20.1 Å². The van der Waals surface area contributed by atoms with Gasteiger partial charge in [-0.3, -0.25) is 4.79 Å². The minimum absolute atomic E-state index is 0.0899. The summed E-state index contributed by atoms with van der Waals surface area (Å²) in [6, 6.07) is 10.8. The number of nitrogens with zero attached hydrogens (tertiary/aromatic N) is 2. The highest BCUT2D eigenvalue weighted by atomic mass is 16.5. The smallest absolute Gasteiger partial charge is 0.225 e. The lowest BCUT2D eigenvalue weighted by Gasteiger charge is -2.08. The summed E-state index contributed by atoms with van der Waals surface area (Å²) in [6.07, 6.45) is 0.407. The number of rotatable bonds is 8. The maximum atomic E-state index is 11.2. The third-order valence-electron chi connectivity index (χ3n) is 2.99. The molecule has 2 rings (SSSR count). The molecule has 7 nitrogen and oxygen atoms in total. The summed E-state index contributed by atoms with van der Waals surface area (Å²) in [7, 11) is 1.62. The predicted molar refractivity (Wildman–Crippen MR) is 87.9 cm³/mol. The number of ether oxygens (including phenoxy) is 2. The highest BCUT2D eigenvalue weighted by Crippen LogP contribution is 2.16. The fourth-order valence-corrected chi connectivity index (χ4v) is 1.74. The molecule has 2 N–H and O–H groups in total. The Bertz CT molecular complexity index is 614. The van der Waals surface area contributed by atoms with Crippen LogP contribution in [0.3, 0.4) is 0 Å². The molecule has 23 heavy (non-hydrogen) atoms. The molecule has 0 radical (unpaired) electrons. The second-order valence-corrected chi connectivity index (χ2v) is 4.66. The van der Waals surface area contributed by atoms with Crippen LogP contribution in [-0.4, -0.2) is 36.4 Å². The number of amides is 1. The number of carbonyl (C=O) groups is 1. The molecule has 1 heterocycles. The molecule has 0 saturated heterocycles. The number of nitrogens with one attached hydrogen (secondary N) is 2. The fourth-order valence-electron chi connectivity index (χ4n) is 1.74. The van der Waals surface area contributed by atoms with Gasteiger partial charge in [0.05, 0.1) is 13.7 Å². The van der Waals surface area contributed by atoms with Gasteiger partial charge in [-0.05, 0) is 36.4 Å². The molecule has 1 aromatic heterocycles. The third-order valence-corrected chi connectivity index (χ3v) is 2.99. The van der Waals surface area contributed by atoms with Gasteiger partial charge in [0.25, 0.3) is 0 Å². The van der Waals surface area contributed by atoms with Gasteiger partial charge in [-0.25, -0.2) is 0 Å². The first kappa shape index (κ1) is 16.5. The van der Waals surface area contributed by atoms with Crippen molar-refractivity contribution >= 4 is 17.5 Å². The largest absolute Gasteiger partial charge is 0.497 e. The standard InChI is InChI=1S/C16H20N4O3/c1-3-16(21)18-15-9-8-14(19-20-15)17-10-11-23-13-6-4-12(22-2)5-7-13/h4-9H,3,10-11H2,1-2H3,(H,17,19)(H,18,20,21). The van der Waals surface area contributed by atoms with Gasteiger partial charge >= 0.3 is 0 Å². The number of benzene rings is 1. The molecule has 0 unspecified atom stereocenters. The summed E-state index contributed by atoms with van der Waals surface area (Å²) in [5.41, 5.74) is 0. The molecule has 7 heteroatoms. The average Bonchev–Trinajstić information content (AvgIpc) is 2.60. The summed E-state index contributed by atoms with van der Waals surface area (Å²) >= 11 is 0. The quantitative estimate of drug-likeness (QED) is 0.727. The first-order chi connectivity index (χ1) is 11.2. The molecular formula is C16H20N4O3. The van der Waals surface area contributed by atoms with Crippen LogP contribution in [0.2, 0.25) is 0 Å². The summed E-state index contributed by atoms with van der Waals surface area (Å²) in [5.74, 6) is 2.54. The summed E-state index contributed by atoms with van der Waals surface area (Å²) < 4.78 is 10.7. The number of hydrogen-bond acceptors (Lipinski definition) is 6. The van der Waals surface area contributed by atoms with Crippen LogP contribution in [0.15, 0.2) is 36.4 Å². The topological polar surface area (TPSA) is 85.4 Å². The molecule has 0 bridgehead atoms. The molecule has 0 aliphatic heterocycles. The van der Waals surface area contributed by atoms with Crippen LogP contribution in [-0.2, 0) is 4.79 Å². The zero-order valence-electron chi connectivity index (χ0n) is 13.2. The molecule has 0 spiro atoms. The van der Waals surface area contributed by atoms with Crippen LogP contribution >= 0.6 is 0 Å². The van der Waals surface area contributed by atoms with Crippen molar-refractivity contribution in [2.24, 2.45) is 0 Å². The second kappa shape index (κ2) is 8.57. The number of hydrogen-bond donors (Lipinski definition) is 2. The van der Waals surface area contributed by atoms with Crippen molar-refractivity contribution in [2.75, 3.05) is 30.9 Å². The number of aromatic nitrogens is 2. The molecule has 0 saturated carbocycles. The monoisotopic (exact) mass is 316 g/mol. The minimum atomic E-state index is -0.0899. The Hall–Kier alpha value is -2.83. The molecule has 122 valence electrons. The number of methoxy groups -OCH3 is 1. The van der Waals surface area contributed by atoms with Gasteiger partial charge in [0.1, 0.15) is 23.9 Å². The highest BCUT2D eigenvalue weighted by molar-refractivity contribution is 5.89. The fraction of sp³-hybridized carbons (Fsp3) is 0.312. The Morgan fingerprint density at radius 3 is 2.30 bits per heavy atom. The van der Waals surface area contributed by atoms with Crippen molar-refractivity contribution in [3.63, 3.8) is 0 Å². The van der Waals surface area contributed by atoms with Crippen LogP contribution in [0.4, 0.5) is 11.6 Å². The highest BCUT2D eigenvalue weighted by Gasteiger charge is 2.01. The van der Waals surface area contributed by atoms with Crippen molar-refractivity contribution in [2.45, 2.75) is 13.3 Å². The van der Waals surface area contributed by atoms with Crippen molar-refractivity contribution in [1.82, 2.24) is 10.2 Å². The Kier molecular flexibility index (Phi) is 6.17. The van der Waals surface area contributed by atoms with E-state index in [0.717, 1.165) is 11.5 Å². The lowest BCUT2D eigenvalue weighted by molar-refractivity contribution is -0.115. The lowest BCUT2D eigenvalue weighted by atomic mass is 10.3. The van der Waals surface area contributed by atoms with E-state index in [-0.39, 0.29) is 5.91 Å². The lowest BCUT2D eigenvalue weighted by Crippen LogP contribution is -2.14. The Balaban J connectivity index is 1.72. The maximum absolute atomic E-state index is 11.2. The average molecular weight is 316 g/mol. The Morgan fingerprint density at radius 1 is 1.04 bits per heavy atom. The van der Waals surface area contributed by atoms with E-state index < -0.39 is 0 Å². The Morgan fingerprint density at radius 2 is 1.70 bits per heavy atom. The SMILES string of the molecule is CCC(=O)Nc1ccc(NCCOc2ccc(OC)cc2)nn1. The van der Waals surface area contributed by atoms with Gasteiger partial charge in [0, 0.05) is 6.42 Å². The Labute approximate surface area is 135 Å². The van der Waals surface area contributed by atoms with Gasteiger partial charge in [-0.2, -0.15) is 0 Å². The normalized spacial score (nSPS) is 10.0. The van der Waals surface area contributed by atoms with Crippen molar-refractivity contribution in [3.8, 4) is 11.5 Å². The minimum Gasteiger partial charge on any atom is -0.497 e.